The molecule has 0 spiro atoms. The molecular weight excluding hydrogens is 349 g/mol. The molecule has 1 N–H and O–H groups in total. The number of hydrogen-bond acceptors (Lipinski definition) is 4. The molecule has 2 aromatic rings. The highest BCUT2D eigenvalue weighted by atomic mass is 35.5. The molecule has 2 aromatic carbocycles. The van der Waals surface area contributed by atoms with E-state index in [1.807, 2.05) is 13.8 Å². The number of ether oxygens (including phenoxy) is 2. The largest absolute Gasteiger partial charge is 0.491 e. The van der Waals surface area contributed by atoms with Gasteiger partial charge < -0.3 is 14.8 Å². The van der Waals surface area contributed by atoms with Crippen LogP contribution < -0.4 is 10.1 Å². The monoisotopic (exact) mass is 365 g/mol. The number of anilines is 1. The van der Waals surface area contributed by atoms with Gasteiger partial charge in [0, 0.05) is 5.69 Å². The number of carbonyl (C=O) groups is 2. The summed E-state index contributed by atoms with van der Waals surface area (Å²) in [6.45, 7) is 3.32. The quantitative estimate of drug-likeness (QED) is 0.784. The normalized spacial score (nSPS) is 10.4. The van der Waals surface area contributed by atoms with Gasteiger partial charge in [0.15, 0.2) is 6.61 Å². The zero-order valence-corrected chi connectivity index (χ0v) is 14.5. The lowest BCUT2D eigenvalue weighted by Crippen LogP contribution is -2.21. The van der Waals surface area contributed by atoms with Crippen LogP contribution in [-0.2, 0) is 9.53 Å². The number of halogens is 2. The summed E-state index contributed by atoms with van der Waals surface area (Å²) < 4.78 is 23.5. The molecule has 0 aliphatic heterocycles. The molecule has 7 heteroatoms. The van der Waals surface area contributed by atoms with E-state index < -0.39 is 24.3 Å². The number of nitrogens with one attached hydrogen (secondary N) is 1. The predicted molar refractivity (Wildman–Crippen MR) is 92.5 cm³/mol. The van der Waals surface area contributed by atoms with E-state index in [0.717, 1.165) is 6.07 Å². The molecule has 0 unspecified atom stereocenters. The highest BCUT2D eigenvalue weighted by Crippen LogP contribution is 2.19. The fourth-order valence-electron chi connectivity index (χ4n) is 1.93. The van der Waals surface area contributed by atoms with E-state index in [1.165, 1.54) is 12.1 Å². The molecule has 0 bridgehead atoms. The van der Waals surface area contributed by atoms with Gasteiger partial charge in [0.05, 0.1) is 16.7 Å². The zero-order valence-electron chi connectivity index (χ0n) is 13.7. The molecule has 2 rings (SSSR count). The molecule has 0 aliphatic rings. The van der Waals surface area contributed by atoms with Crippen LogP contribution >= 0.6 is 11.6 Å². The number of esters is 1. The van der Waals surface area contributed by atoms with E-state index in [-0.39, 0.29) is 11.1 Å². The van der Waals surface area contributed by atoms with E-state index in [0.29, 0.717) is 17.0 Å². The van der Waals surface area contributed by atoms with Crippen molar-refractivity contribution in [1.29, 1.82) is 0 Å². The van der Waals surface area contributed by atoms with Gasteiger partial charge in [0.25, 0.3) is 5.91 Å². The van der Waals surface area contributed by atoms with Crippen LogP contribution in [0.25, 0.3) is 0 Å². The molecule has 5 nitrogen and oxygen atoms in total. The average Bonchev–Trinajstić information content (AvgIpc) is 2.56. The first-order valence-electron chi connectivity index (χ1n) is 7.54. The summed E-state index contributed by atoms with van der Waals surface area (Å²) in [7, 11) is 0. The number of amides is 1. The van der Waals surface area contributed by atoms with Crippen LogP contribution in [0.4, 0.5) is 10.1 Å². The molecule has 0 heterocycles. The van der Waals surface area contributed by atoms with Crippen molar-refractivity contribution >= 4 is 29.2 Å². The number of carbonyl (C=O) groups excluding carboxylic acids is 2. The van der Waals surface area contributed by atoms with Crippen molar-refractivity contribution in [2.45, 2.75) is 20.0 Å². The lowest BCUT2D eigenvalue weighted by atomic mass is 10.2. The van der Waals surface area contributed by atoms with E-state index in [9.17, 15) is 14.0 Å². The fraction of sp³-hybridized carbons (Fsp3) is 0.222. The van der Waals surface area contributed by atoms with Crippen molar-refractivity contribution in [3.8, 4) is 5.75 Å². The molecule has 0 fully saturated rings. The Kier molecular flexibility index (Phi) is 6.36. The summed E-state index contributed by atoms with van der Waals surface area (Å²) in [4.78, 5) is 23.7. The maximum absolute atomic E-state index is 13.1. The van der Waals surface area contributed by atoms with Gasteiger partial charge in [-0.15, -0.1) is 0 Å². The van der Waals surface area contributed by atoms with E-state index in [4.69, 9.17) is 21.1 Å². The third kappa shape index (κ3) is 5.76. The number of hydrogen-bond donors (Lipinski definition) is 1. The van der Waals surface area contributed by atoms with Crippen LogP contribution in [-0.4, -0.2) is 24.6 Å². The minimum atomic E-state index is -0.636. The Morgan fingerprint density at radius 1 is 1.16 bits per heavy atom. The molecule has 0 atom stereocenters. The minimum absolute atomic E-state index is 0.0291. The van der Waals surface area contributed by atoms with Crippen LogP contribution in [0.5, 0.6) is 5.75 Å². The second-order valence-electron chi connectivity index (χ2n) is 5.44. The summed E-state index contributed by atoms with van der Waals surface area (Å²) in [5.41, 5.74) is 0.608. The van der Waals surface area contributed by atoms with Gasteiger partial charge >= 0.3 is 5.97 Å². The van der Waals surface area contributed by atoms with Crippen LogP contribution in [0, 0.1) is 5.82 Å². The maximum Gasteiger partial charge on any atom is 0.338 e. The summed E-state index contributed by atoms with van der Waals surface area (Å²) >= 11 is 5.63. The molecular formula is C18H17ClFNO4. The van der Waals surface area contributed by atoms with Crippen LogP contribution in [0.1, 0.15) is 24.2 Å². The topological polar surface area (TPSA) is 64.6 Å². The number of rotatable bonds is 6. The summed E-state index contributed by atoms with van der Waals surface area (Å²) in [6.07, 6.45) is 0.0291. The van der Waals surface area contributed by atoms with Crippen molar-refractivity contribution < 1.29 is 23.5 Å². The summed E-state index contributed by atoms with van der Waals surface area (Å²) in [5, 5.41) is 2.35. The predicted octanol–water partition coefficient (Wildman–Crippen LogP) is 4.06. The molecule has 0 aromatic heterocycles. The van der Waals surface area contributed by atoms with Gasteiger partial charge in [0.1, 0.15) is 11.6 Å². The van der Waals surface area contributed by atoms with Gasteiger partial charge in [-0.3, -0.25) is 4.79 Å². The van der Waals surface area contributed by atoms with Crippen molar-refractivity contribution in [1.82, 2.24) is 0 Å². The summed E-state index contributed by atoms with van der Waals surface area (Å²) in [5.74, 6) is -1.15. The van der Waals surface area contributed by atoms with Gasteiger partial charge in [0.2, 0.25) is 0 Å². The molecule has 0 radical (unpaired) electrons. The second kappa shape index (κ2) is 8.48. The fourth-order valence-corrected chi connectivity index (χ4v) is 2.11. The molecule has 25 heavy (non-hydrogen) atoms. The minimum Gasteiger partial charge on any atom is -0.491 e. The number of benzene rings is 2. The van der Waals surface area contributed by atoms with Crippen molar-refractivity contribution in [2.75, 3.05) is 11.9 Å². The van der Waals surface area contributed by atoms with Gasteiger partial charge in [-0.05, 0) is 56.3 Å². The van der Waals surface area contributed by atoms with Gasteiger partial charge in [-0.25, -0.2) is 9.18 Å². The van der Waals surface area contributed by atoms with Crippen LogP contribution in [0.3, 0.4) is 0 Å². The SMILES string of the molecule is CC(C)Oc1ccc(C(=O)OCC(=O)Nc2ccc(F)c(Cl)c2)cc1. The third-order valence-electron chi connectivity index (χ3n) is 3.00. The Bertz CT molecular complexity index is 762. The highest BCUT2D eigenvalue weighted by molar-refractivity contribution is 6.31. The third-order valence-corrected chi connectivity index (χ3v) is 3.29. The molecule has 0 aliphatic carbocycles. The summed E-state index contributed by atoms with van der Waals surface area (Å²) in [6, 6.07) is 10.2. The molecule has 0 saturated carbocycles. The Morgan fingerprint density at radius 3 is 2.44 bits per heavy atom. The van der Waals surface area contributed by atoms with E-state index in [2.05, 4.69) is 5.32 Å². The van der Waals surface area contributed by atoms with E-state index >= 15 is 0 Å². The lowest BCUT2D eigenvalue weighted by molar-refractivity contribution is -0.119. The average molecular weight is 366 g/mol. The first-order chi connectivity index (χ1) is 11.8. The Labute approximate surface area is 149 Å². The van der Waals surface area contributed by atoms with Crippen molar-refractivity contribution in [3.63, 3.8) is 0 Å². The van der Waals surface area contributed by atoms with E-state index in [1.54, 1.807) is 24.3 Å². The standard InChI is InChI=1S/C18H17ClFNO4/c1-11(2)25-14-6-3-12(4-7-14)18(23)24-10-17(22)21-13-5-8-16(20)15(19)9-13/h3-9,11H,10H2,1-2H3,(H,21,22). The first kappa shape index (κ1) is 18.7. The lowest BCUT2D eigenvalue weighted by Gasteiger charge is -2.10. The van der Waals surface area contributed by atoms with Gasteiger partial charge in [-0.2, -0.15) is 0 Å². The van der Waals surface area contributed by atoms with Crippen molar-refractivity contribution in [2.24, 2.45) is 0 Å². The van der Waals surface area contributed by atoms with Crippen molar-refractivity contribution in [3.05, 3.63) is 58.9 Å². The Hall–Kier alpha value is -2.60. The maximum atomic E-state index is 13.1. The van der Waals surface area contributed by atoms with Gasteiger partial charge in [-0.1, -0.05) is 11.6 Å². The molecule has 1 amide bonds. The molecule has 0 saturated heterocycles. The smallest absolute Gasteiger partial charge is 0.338 e. The van der Waals surface area contributed by atoms with Crippen LogP contribution in [0.2, 0.25) is 5.02 Å². The van der Waals surface area contributed by atoms with Crippen LogP contribution in [0.15, 0.2) is 42.5 Å². The Morgan fingerprint density at radius 2 is 1.84 bits per heavy atom. The Balaban J connectivity index is 1.86. The highest BCUT2D eigenvalue weighted by Gasteiger charge is 2.11. The first-order valence-corrected chi connectivity index (χ1v) is 7.91. The molecule has 132 valence electrons. The second-order valence-corrected chi connectivity index (χ2v) is 5.85. The zero-order chi connectivity index (χ0) is 18.4.